The molecule has 6 heteroatoms. The summed E-state index contributed by atoms with van der Waals surface area (Å²) < 4.78 is 15.4. The lowest BCUT2D eigenvalue weighted by Gasteiger charge is -2.08. The third-order valence-electron chi connectivity index (χ3n) is 3.59. The molecular formula is C15H17FN4O. The lowest BCUT2D eigenvalue weighted by Crippen LogP contribution is -2.17. The van der Waals surface area contributed by atoms with Crippen LogP contribution < -0.4 is 10.6 Å². The Morgan fingerprint density at radius 3 is 3.05 bits per heavy atom. The quantitative estimate of drug-likeness (QED) is 0.901. The summed E-state index contributed by atoms with van der Waals surface area (Å²) in [5, 5.41) is 10.3. The van der Waals surface area contributed by atoms with Crippen molar-refractivity contribution in [3.63, 3.8) is 0 Å². The molecule has 1 unspecified atom stereocenters. The Balaban J connectivity index is 1.61. The van der Waals surface area contributed by atoms with Crippen LogP contribution in [0.5, 0.6) is 0 Å². The molecule has 2 N–H and O–H groups in total. The van der Waals surface area contributed by atoms with Gasteiger partial charge >= 0.3 is 0 Å². The van der Waals surface area contributed by atoms with E-state index in [4.69, 9.17) is 0 Å². The zero-order valence-corrected chi connectivity index (χ0v) is 11.6. The van der Waals surface area contributed by atoms with Gasteiger partial charge < -0.3 is 10.6 Å². The summed E-state index contributed by atoms with van der Waals surface area (Å²) in [7, 11) is 0. The summed E-state index contributed by atoms with van der Waals surface area (Å²) >= 11 is 0. The summed E-state index contributed by atoms with van der Waals surface area (Å²) in [6.07, 6.45) is 2.89. The van der Waals surface area contributed by atoms with Crippen molar-refractivity contribution in [2.45, 2.75) is 18.9 Å². The second-order valence-electron chi connectivity index (χ2n) is 5.14. The molecule has 2 aromatic rings. The van der Waals surface area contributed by atoms with E-state index in [0.29, 0.717) is 17.4 Å². The Morgan fingerprint density at radius 2 is 2.29 bits per heavy atom. The summed E-state index contributed by atoms with van der Waals surface area (Å²) in [5.41, 5.74) is 0.384. The van der Waals surface area contributed by atoms with E-state index in [1.807, 2.05) is 10.9 Å². The van der Waals surface area contributed by atoms with Gasteiger partial charge in [-0.1, -0.05) is 18.2 Å². The number of nitrogens with one attached hydrogen (secondary N) is 2. The van der Waals surface area contributed by atoms with Gasteiger partial charge in [0.1, 0.15) is 5.82 Å². The average Bonchev–Trinajstić information content (AvgIpc) is 3.12. The highest BCUT2D eigenvalue weighted by molar-refractivity contribution is 5.91. The van der Waals surface area contributed by atoms with Crippen molar-refractivity contribution in [3.05, 3.63) is 47.9 Å². The molecule has 5 nitrogen and oxygen atoms in total. The molecule has 1 amide bonds. The minimum Gasteiger partial charge on any atom is -0.315 e. The van der Waals surface area contributed by atoms with Gasteiger partial charge in [0.05, 0.1) is 12.5 Å². The lowest BCUT2D eigenvalue weighted by molar-refractivity contribution is -0.115. The van der Waals surface area contributed by atoms with Crippen LogP contribution in [-0.4, -0.2) is 28.8 Å². The van der Waals surface area contributed by atoms with Crippen LogP contribution in [0.3, 0.4) is 0 Å². The lowest BCUT2D eigenvalue weighted by atomic mass is 10.1. The molecule has 1 aromatic carbocycles. The highest BCUT2D eigenvalue weighted by atomic mass is 19.1. The number of rotatable bonds is 4. The van der Waals surface area contributed by atoms with E-state index < -0.39 is 0 Å². The van der Waals surface area contributed by atoms with Crippen LogP contribution in [0.2, 0.25) is 0 Å². The fourth-order valence-corrected chi connectivity index (χ4v) is 2.48. The van der Waals surface area contributed by atoms with Crippen LogP contribution >= 0.6 is 0 Å². The molecule has 3 rings (SSSR count). The molecule has 21 heavy (non-hydrogen) atoms. The predicted molar refractivity (Wildman–Crippen MR) is 77.5 cm³/mol. The molecule has 1 saturated heterocycles. The van der Waals surface area contributed by atoms with Crippen molar-refractivity contribution < 1.29 is 9.18 Å². The van der Waals surface area contributed by atoms with Gasteiger partial charge in [0.2, 0.25) is 5.91 Å². The summed E-state index contributed by atoms with van der Waals surface area (Å²) in [4.78, 5) is 11.9. The number of benzene rings is 1. The molecule has 1 atom stereocenters. The average molecular weight is 288 g/mol. The van der Waals surface area contributed by atoms with Gasteiger partial charge in [-0.05, 0) is 24.6 Å². The second kappa shape index (κ2) is 6.05. The minimum atomic E-state index is -0.366. The first-order valence-corrected chi connectivity index (χ1v) is 7.01. The first-order chi connectivity index (χ1) is 10.2. The molecule has 1 fully saturated rings. The monoisotopic (exact) mass is 288 g/mol. The van der Waals surface area contributed by atoms with Crippen LogP contribution in [0, 0.1) is 5.82 Å². The highest BCUT2D eigenvalue weighted by Crippen LogP contribution is 2.16. The maximum Gasteiger partial charge on any atom is 0.230 e. The maximum atomic E-state index is 13.5. The van der Waals surface area contributed by atoms with E-state index in [-0.39, 0.29) is 18.1 Å². The minimum absolute atomic E-state index is 0.00448. The van der Waals surface area contributed by atoms with Crippen LogP contribution in [0.4, 0.5) is 10.2 Å². The summed E-state index contributed by atoms with van der Waals surface area (Å²) in [5.74, 6) is -0.131. The number of nitrogens with zero attached hydrogens (tertiary/aromatic N) is 2. The van der Waals surface area contributed by atoms with Gasteiger partial charge in [-0.3, -0.25) is 9.48 Å². The second-order valence-corrected chi connectivity index (χ2v) is 5.14. The first kappa shape index (κ1) is 13.8. The summed E-state index contributed by atoms with van der Waals surface area (Å²) in [6, 6.07) is 8.38. The van der Waals surface area contributed by atoms with E-state index in [2.05, 4.69) is 15.7 Å². The zero-order chi connectivity index (χ0) is 14.7. The molecule has 0 radical (unpaired) electrons. The fourth-order valence-electron chi connectivity index (χ4n) is 2.48. The van der Waals surface area contributed by atoms with Crippen molar-refractivity contribution in [1.29, 1.82) is 0 Å². The highest BCUT2D eigenvalue weighted by Gasteiger charge is 2.17. The van der Waals surface area contributed by atoms with Gasteiger partial charge in [-0.15, -0.1) is 0 Å². The van der Waals surface area contributed by atoms with Crippen molar-refractivity contribution in [2.75, 3.05) is 18.4 Å². The molecular weight excluding hydrogens is 271 g/mol. The topological polar surface area (TPSA) is 59.0 Å². The molecule has 110 valence electrons. The number of halogens is 1. The fraction of sp³-hybridized carbons (Fsp3) is 0.333. The van der Waals surface area contributed by atoms with E-state index >= 15 is 0 Å². The Morgan fingerprint density at radius 1 is 1.43 bits per heavy atom. The smallest absolute Gasteiger partial charge is 0.230 e. The molecule has 1 aliphatic heterocycles. The van der Waals surface area contributed by atoms with Crippen molar-refractivity contribution in [2.24, 2.45) is 0 Å². The largest absolute Gasteiger partial charge is 0.315 e. The van der Waals surface area contributed by atoms with Gasteiger partial charge in [0, 0.05) is 18.8 Å². The molecule has 0 saturated carbocycles. The molecule has 0 bridgehead atoms. The SMILES string of the molecule is O=C(Cc1ccccc1F)Nc1ccn(C2CCNC2)n1. The number of amides is 1. The van der Waals surface area contributed by atoms with Crippen LogP contribution in [0.25, 0.3) is 0 Å². The molecule has 2 heterocycles. The number of anilines is 1. The molecule has 0 spiro atoms. The zero-order valence-electron chi connectivity index (χ0n) is 11.6. The third-order valence-corrected chi connectivity index (χ3v) is 3.59. The number of hydrogen-bond acceptors (Lipinski definition) is 3. The van der Waals surface area contributed by atoms with Gasteiger partial charge in [0.15, 0.2) is 5.82 Å². The predicted octanol–water partition coefficient (Wildman–Crippen LogP) is 1.74. The van der Waals surface area contributed by atoms with Crippen LogP contribution in [0.1, 0.15) is 18.0 Å². The van der Waals surface area contributed by atoms with Crippen molar-refractivity contribution >= 4 is 11.7 Å². The molecule has 0 aliphatic carbocycles. The molecule has 1 aromatic heterocycles. The standard InChI is InChI=1S/C15H17FN4O/c16-13-4-2-1-3-11(13)9-15(21)18-14-6-8-20(19-14)12-5-7-17-10-12/h1-4,6,8,12,17H,5,7,9-10H2,(H,18,19,21). The van der Waals surface area contributed by atoms with E-state index in [9.17, 15) is 9.18 Å². The number of aromatic nitrogens is 2. The van der Waals surface area contributed by atoms with Crippen LogP contribution in [-0.2, 0) is 11.2 Å². The van der Waals surface area contributed by atoms with Gasteiger partial charge in [0.25, 0.3) is 0 Å². The Kier molecular flexibility index (Phi) is 3.96. The Hall–Kier alpha value is -2.21. The van der Waals surface area contributed by atoms with E-state index in [1.165, 1.54) is 6.07 Å². The maximum absolute atomic E-state index is 13.5. The van der Waals surface area contributed by atoms with Gasteiger partial charge in [-0.2, -0.15) is 5.10 Å². The van der Waals surface area contributed by atoms with E-state index in [0.717, 1.165) is 19.5 Å². The number of carbonyl (C=O) groups is 1. The molecule has 1 aliphatic rings. The third kappa shape index (κ3) is 3.28. The number of hydrogen-bond donors (Lipinski definition) is 2. The summed E-state index contributed by atoms with van der Waals surface area (Å²) in [6.45, 7) is 1.88. The van der Waals surface area contributed by atoms with E-state index in [1.54, 1.807) is 24.3 Å². The Bertz CT molecular complexity index is 634. The van der Waals surface area contributed by atoms with Crippen LogP contribution in [0.15, 0.2) is 36.5 Å². The number of carbonyl (C=O) groups excluding carboxylic acids is 1. The Labute approximate surface area is 122 Å². The van der Waals surface area contributed by atoms with Gasteiger partial charge in [-0.25, -0.2) is 4.39 Å². The first-order valence-electron chi connectivity index (χ1n) is 7.01. The van der Waals surface area contributed by atoms with Crippen molar-refractivity contribution in [3.8, 4) is 0 Å². The van der Waals surface area contributed by atoms with Crippen molar-refractivity contribution in [1.82, 2.24) is 15.1 Å². The normalized spacial score (nSPS) is 17.9.